The average molecular weight is 311 g/mol. The Morgan fingerprint density at radius 3 is 2.38 bits per heavy atom. The number of hydrogen-bond donors (Lipinski definition) is 1. The fraction of sp³-hybridized carbons (Fsp3) is 0.133. The van der Waals surface area contributed by atoms with Crippen LogP contribution in [0.1, 0.15) is 17.3 Å². The van der Waals surface area contributed by atoms with Crippen molar-refractivity contribution in [3.8, 4) is 0 Å². The summed E-state index contributed by atoms with van der Waals surface area (Å²) in [5.41, 5.74) is 6.32. The zero-order valence-corrected chi connectivity index (χ0v) is 12.0. The topological polar surface area (TPSA) is 46.3 Å². The molecule has 0 atom stereocenters. The van der Waals surface area contributed by atoms with Gasteiger partial charge >= 0.3 is 0 Å². The minimum atomic E-state index is -0.861. The number of halogens is 3. The van der Waals surface area contributed by atoms with E-state index in [9.17, 15) is 13.6 Å². The number of carbonyl (C=O) groups excluding carboxylic acids is 1. The Kier molecular flexibility index (Phi) is 4.43. The Balaban J connectivity index is 2.41. The molecule has 0 aromatic heterocycles. The lowest BCUT2D eigenvalue weighted by Crippen LogP contribution is -2.31. The second-order valence-electron chi connectivity index (χ2n) is 4.39. The maximum absolute atomic E-state index is 13.8. The van der Waals surface area contributed by atoms with Gasteiger partial charge in [-0.05, 0) is 43.3 Å². The van der Waals surface area contributed by atoms with E-state index in [2.05, 4.69) is 0 Å². The van der Waals surface area contributed by atoms with Crippen molar-refractivity contribution in [1.29, 1.82) is 0 Å². The van der Waals surface area contributed by atoms with Crippen LogP contribution in [-0.2, 0) is 0 Å². The van der Waals surface area contributed by atoms with E-state index in [0.717, 1.165) is 12.1 Å². The van der Waals surface area contributed by atoms with Gasteiger partial charge in [-0.3, -0.25) is 4.79 Å². The predicted molar refractivity (Wildman–Crippen MR) is 79.6 cm³/mol. The van der Waals surface area contributed by atoms with Crippen molar-refractivity contribution in [2.24, 2.45) is 0 Å². The third kappa shape index (κ3) is 3.13. The van der Waals surface area contributed by atoms with E-state index >= 15 is 0 Å². The van der Waals surface area contributed by atoms with Crippen LogP contribution in [0.3, 0.4) is 0 Å². The SMILES string of the molecule is CCN(C(=O)c1cc(F)c(Cl)cc1F)c1ccc(N)cc1. The first-order valence-electron chi connectivity index (χ1n) is 6.26. The van der Waals surface area contributed by atoms with Gasteiger partial charge in [-0.25, -0.2) is 8.78 Å². The molecular weight excluding hydrogens is 298 g/mol. The van der Waals surface area contributed by atoms with Crippen molar-refractivity contribution in [3.63, 3.8) is 0 Å². The molecule has 2 N–H and O–H groups in total. The number of nitrogen functional groups attached to an aromatic ring is 1. The molecule has 6 heteroatoms. The van der Waals surface area contributed by atoms with E-state index in [4.69, 9.17) is 17.3 Å². The van der Waals surface area contributed by atoms with E-state index < -0.39 is 17.5 Å². The van der Waals surface area contributed by atoms with Crippen LogP contribution < -0.4 is 10.6 Å². The van der Waals surface area contributed by atoms with Crippen LogP contribution in [0.5, 0.6) is 0 Å². The highest BCUT2D eigenvalue weighted by Gasteiger charge is 2.21. The minimum absolute atomic E-state index is 0.298. The molecule has 1 amide bonds. The Morgan fingerprint density at radius 1 is 1.19 bits per heavy atom. The number of anilines is 2. The number of carbonyl (C=O) groups is 1. The second kappa shape index (κ2) is 6.10. The molecule has 110 valence electrons. The second-order valence-corrected chi connectivity index (χ2v) is 4.79. The van der Waals surface area contributed by atoms with E-state index in [1.165, 1.54) is 4.90 Å². The van der Waals surface area contributed by atoms with Crippen molar-refractivity contribution in [1.82, 2.24) is 0 Å². The first kappa shape index (κ1) is 15.3. The molecule has 0 heterocycles. The summed E-state index contributed by atoms with van der Waals surface area (Å²) >= 11 is 5.48. The molecular formula is C15H13ClF2N2O. The molecule has 0 bridgehead atoms. The highest BCUT2D eigenvalue weighted by molar-refractivity contribution is 6.30. The maximum atomic E-state index is 13.8. The third-order valence-electron chi connectivity index (χ3n) is 3.01. The molecule has 2 aromatic carbocycles. The summed E-state index contributed by atoms with van der Waals surface area (Å²) in [5.74, 6) is -2.34. The van der Waals surface area contributed by atoms with Crippen LogP contribution in [0.15, 0.2) is 36.4 Å². The highest BCUT2D eigenvalue weighted by Crippen LogP contribution is 2.23. The monoisotopic (exact) mass is 310 g/mol. The molecule has 0 saturated heterocycles. The van der Waals surface area contributed by atoms with Crippen LogP contribution in [0.25, 0.3) is 0 Å². The summed E-state index contributed by atoms with van der Waals surface area (Å²) in [7, 11) is 0. The van der Waals surface area contributed by atoms with Crippen molar-refractivity contribution >= 4 is 28.9 Å². The zero-order chi connectivity index (χ0) is 15.6. The molecule has 0 unspecified atom stereocenters. The van der Waals surface area contributed by atoms with Gasteiger partial charge in [-0.1, -0.05) is 11.6 Å². The van der Waals surface area contributed by atoms with Crippen LogP contribution in [0, 0.1) is 11.6 Å². The minimum Gasteiger partial charge on any atom is -0.399 e. The quantitative estimate of drug-likeness (QED) is 0.691. The largest absolute Gasteiger partial charge is 0.399 e. The molecule has 0 radical (unpaired) electrons. The lowest BCUT2D eigenvalue weighted by molar-refractivity contribution is 0.0984. The Morgan fingerprint density at radius 2 is 1.81 bits per heavy atom. The average Bonchev–Trinajstić information content (AvgIpc) is 2.45. The summed E-state index contributed by atoms with van der Waals surface area (Å²) < 4.78 is 27.3. The van der Waals surface area contributed by atoms with Gasteiger partial charge in [0.25, 0.3) is 5.91 Å². The Hall–Kier alpha value is -2.14. The lowest BCUT2D eigenvalue weighted by atomic mass is 10.1. The molecule has 21 heavy (non-hydrogen) atoms. The number of nitrogens with zero attached hydrogens (tertiary/aromatic N) is 1. The molecule has 0 aliphatic rings. The highest BCUT2D eigenvalue weighted by atomic mass is 35.5. The van der Waals surface area contributed by atoms with Gasteiger partial charge in [-0.2, -0.15) is 0 Å². The lowest BCUT2D eigenvalue weighted by Gasteiger charge is -2.21. The van der Waals surface area contributed by atoms with Crippen molar-refractivity contribution < 1.29 is 13.6 Å². The summed E-state index contributed by atoms with van der Waals surface area (Å²) in [6.45, 7) is 2.03. The van der Waals surface area contributed by atoms with Gasteiger partial charge in [-0.15, -0.1) is 0 Å². The van der Waals surface area contributed by atoms with E-state index in [0.29, 0.717) is 17.9 Å². The van der Waals surface area contributed by atoms with Crippen LogP contribution in [0.2, 0.25) is 5.02 Å². The summed E-state index contributed by atoms with van der Waals surface area (Å²) in [6, 6.07) is 8.14. The molecule has 0 spiro atoms. The summed E-state index contributed by atoms with van der Waals surface area (Å²) in [6.07, 6.45) is 0. The maximum Gasteiger partial charge on any atom is 0.261 e. The number of benzene rings is 2. The number of amides is 1. The Labute approximate surface area is 125 Å². The molecule has 2 aromatic rings. The van der Waals surface area contributed by atoms with Gasteiger partial charge in [0.2, 0.25) is 0 Å². The molecule has 2 rings (SSSR count). The molecule has 0 saturated carbocycles. The van der Waals surface area contributed by atoms with Crippen LogP contribution >= 0.6 is 11.6 Å². The van der Waals surface area contributed by atoms with Crippen LogP contribution in [-0.4, -0.2) is 12.5 Å². The number of nitrogens with two attached hydrogens (primary N) is 1. The summed E-state index contributed by atoms with van der Waals surface area (Å²) in [5, 5.41) is -0.361. The van der Waals surface area contributed by atoms with Crippen molar-refractivity contribution in [3.05, 3.63) is 58.6 Å². The van der Waals surface area contributed by atoms with Crippen molar-refractivity contribution in [2.75, 3.05) is 17.2 Å². The Bertz CT molecular complexity index is 674. The number of rotatable bonds is 3. The molecule has 0 aliphatic heterocycles. The van der Waals surface area contributed by atoms with Gasteiger partial charge in [0.15, 0.2) is 0 Å². The van der Waals surface area contributed by atoms with E-state index in [1.807, 2.05) is 0 Å². The third-order valence-corrected chi connectivity index (χ3v) is 3.30. The zero-order valence-electron chi connectivity index (χ0n) is 11.2. The van der Waals surface area contributed by atoms with Crippen LogP contribution in [0.4, 0.5) is 20.2 Å². The van der Waals surface area contributed by atoms with E-state index in [-0.39, 0.29) is 10.6 Å². The molecule has 3 nitrogen and oxygen atoms in total. The standard InChI is InChI=1S/C15H13ClF2N2O/c1-2-20(10-5-3-9(19)4-6-10)15(21)11-7-14(18)12(16)8-13(11)17/h3-8H,2,19H2,1H3. The summed E-state index contributed by atoms with van der Waals surface area (Å²) in [4.78, 5) is 13.7. The first-order valence-corrected chi connectivity index (χ1v) is 6.63. The van der Waals surface area contributed by atoms with Gasteiger partial charge < -0.3 is 10.6 Å². The number of hydrogen-bond acceptors (Lipinski definition) is 2. The molecule has 0 aliphatic carbocycles. The first-order chi connectivity index (χ1) is 9.93. The van der Waals surface area contributed by atoms with Gasteiger partial charge in [0, 0.05) is 17.9 Å². The van der Waals surface area contributed by atoms with Crippen molar-refractivity contribution in [2.45, 2.75) is 6.92 Å². The van der Waals surface area contributed by atoms with Gasteiger partial charge in [0.05, 0.1) is 10.6 Å². The van der Waals surface area contributed by atoms with E-state index in [1.54, 1.807) is 31.2 Å². The fourth-order valence-electron chi connectivity index (χ4n) is 1.93. The normalized spacial score (nSPS) is 10.5. The van der Waals surface area contributed by atoms with Gasteiger partial charge in [0.1, 0.15) is 11.6 Å². The predicted octanol–water partition coefficient (Wildman–Crippen LogP) is 3.87. The fourth-order valence-corrected chi connectivity index (χ4v) is 2.08. The molecule has 0 fully saturated rings. The smallest absolute Gasteiger partial charge is 0.261 e.